The number of aryl methyl sites for hydroxylation is 3. The molecule has 0 bridgehead atoms. The molecule has 0 radical (unpaired) electrons. The number of ether oxygens (including phenoxy) is 1. The summed E-state index contributed by atoms with van der Waals surface area (Å²) >= 11 is 0. The number of hydrogen-bond acceptors (Lipinski definition) is 6. The Kier molecular flexibility index (Phi) is 6.33. The highest BCUT2D eigenvalue weighted by Crippen LogP contribution is 2.17. The minimum absolute atomic E-state index is 0.111. The first-order valence-corrected chi connectivity index (χ1v) is 9.88. The molecule has 1 atom stereocenters. The summed E-state index contributed by atoms with van der Waals surface area (Å²) in [6.07, 6.45) is -0.429. The van der Waals surface area contributed by atoms with Crippen LogP contribution in [0.4, 0.5) is 5.69 Å². The molecule has 0 aliphatic rings. The highest BCUT2D eigenvalue weighted by Gasteiger charge is 2.19. The predicted octanol–water partition coefficient (Wildman–Crippen LogP) is 2.26. The van der Waals surface area contributed by atoms with Crippen molar-refractivity contribution in [2.75, 3.05) is 5.32 Å². The fourth-order valence-corrected chi connectivity index (χ4v) is 3.30. The first-order chi connectivity index (χ1) is 14.7. The van der Waals surface area contributed by atoms with E-state index in [1.807, 2.05) is 26.8 Å². The van der Waals surface area contributed by atoms with Crippen LogP contribution in [0.15, 0.2) is 30.3 Å². The number of carbonyl (C=O) groups is 3. The number of nitrogens with zero attached hydrogens (tertiary/aromatic N) is 3. The van der Waals surface area contributed by atoms with Crippen molar-refractivity contribution >= 4 is 29.1 Å². The maximum Gasteiger partial charge on any atom is 0.306 e. The highest BCUT2D eigenvalue weighted by atomic mass is 16.5. The summed E-state index contributed by atoms with van der Waals surface area (Å²) in [5.41, 5.74) is 10.3. The van der Waals surface area contributed by atoms with Gasteiger partial charge in [-0.1, -0.05) is 0 Å². The van der Waals surface area contributed by atoms with E-state index in [9.17, 15) is 14.4 Å². The van der Waals surface area contributed by atoms with E-state index in [1.54, 1.807) is 16.6 Å². The van der Waals surface area contributed by atoms with Crippen LogP contribution in [0.1, 0.15) is 46.3 Å². The number of esters is 1. The zero-order valence-corrected chi connectivity index (χ0v) is 17.9. The lowest BCUT2D eigenvalue weighted by Gasteiger charge is -2.15. The molecular weight excluding hydrogens is 398 g/mol. The summed E-state index contributed by atoms with van der Waals surface area (Å²) < 4.78 is 7.04. The highest BCUT2D eigenvalue weighted by molar-refractivity contribution is 5.96. The molecule has 0 aliphatic carbocycles. The van der Waals surface area contributed by atoms with E-state index in [4.69, 9.17) is 10.5 Å². The lowest BCUT2D eigenvalue weighted by molar-refractivity contribution is -0.153. The number of nitrogens with one attached hydrogen (secondary N) is 1. The van der Waals surface area contributed by atoms with Crippen LogP contribution in [-0.2, 0) is 20.7 Å². The molecule has 2 heterocycles. The lowest BCUT2D eigenvalue weighted by Crippen LogP contribution is -2.30. The van der Waals surface area contributed by atoms with Gasteiger partial charge in [0.25, 0.3) is 5.91 Å². The summed E-state index contributed by atoms with van der Waals surface area (Å²) in [6.45, 7) is 7.24. The number of anilines is 1. The second-order valence-electron chi connectivity index (χ2n) is 7.38. The zero-order valence-electron chi connectivity index (χ0n) is 17.9. The molecule has 162 valence electrons. The van der Waals surface area contributed by atoms with Crippen molar-refractivity contribution in [1.29, 1.82) is 0 Å². The normalized spacial score (nSPS) is 11.9. The fourth-order valence-electron chi connectivity index (χ4n) is 3.30. The second kappa shape index (κ2) is 8.95. The van der Waals surface area contributed by atoms with E-state index in [0.29, 0.717) is 17.7 Å². The summed E-state index contributed by atoms with van der Waals surface area (Å²) in [6, 6.07) is 8.02. The van der Waals surface area contributed by atoms with Crippen LogP contribution in [-0.4, -0.2) is 38.5 Å². The molecule has 0 aliphatic heterocycles. The maximum absolute atomic E-state index is 12.3. The molecule has 0 unspecified atom stereocenters. The number of fused-ring (bicyclic) bond motifs is 1. The van der Waals surface area contributed by atoms with Crippen molar-refractivity contribution in [3.63, 3.8) is 0 Å². The quantitative estimate of drug-likeness (QED) is 0.561. The van der Waals surface area contributed by atoms with Crippen LogP contribution in [0.5, 0.6) is 0 Å². The van der Waals surface area contributed by atoms with E-state index in [1.165, 1.54) is 19.1 Å². The van der Waals surface area contributed by atoms with Crippen molar-refractivity contribution in [3.8, 4) is 0 Å². The van der Waals surface area contributed by atoms with E-state index in [0.717, 1.165) is 28.3 Å². The Balaban J connectivity index is 1.57. The molecule has 3 rings (SSSR count). The van der Waals surface area contributed by atoms with Gasteiger partial charge in [0.15, 0.2) is 11.8 Å². The molecule has 0 spiro atoms. The molecule has 0 saturated heterocycles. The van der Waals surface area contributed by atoms with Gasteiger partial charge in [0.05, 0.1) is 5.69 Å². The SMILES string of the molecule is Cc1cc2nc(C)c(CCC(=O)O[C@H](C)C(=O)Nc3ccc(C(N)=O)cc3)c(C)n2n1. The number of amides is 2. The van der Waals surface area contributed by atoms with E-state index < -0.39 is 23.9 Å². The molecule has 2 amide bonds. The Hall–Kier alpha value is -3.75. The van der Waals surface area contributed by atoms with Crippen LogP contribution >= 0.6 is 0 Å². The monoisotopic (exact) mass is 423 g/mol. The van der Waals surface area contributed by atoms with E-state index >= 15 is 0 Å². The number of nitrogens with two attached hydrogens (primary N) is 1. The molecule has 31 heavy (non-hydrogen) atoms. The first-order valence-electron chi connectivity index (χ1n) is 9.88. The smallest absolute Gasteiger partial charge is 0.306 e. The van der Waals surface area contributed by atoms with Gasteiger partial charge in [-0.05, 0) is 63.9 Å². The van der Waals surface area contributed by atoms with Crippen LogP contribution < -0.4 is 11.1 Å². The van der Waals surface area contributed by atoms with Gasteiger partial charge in [-0.25, -0.2) is 9.50 Å². The fraction of sp³-hybridized carbons (Fsp3) is 0.318. The van der Waals surface area contributed by atoms with Crippen LogP contribution in [0.2, 0.25) is 0 Å². The average molecular weight is 423 g/mol. The van der Waals surface area contributed by atoms with Gasteiger partial charge in [0.2, 0.25) is 5.91 Å². The number of carbonyl (C=O) groups excluding carboxylic acids is 3. The van der Waals surface area contributed by atoms with Gasteiger partial charge in [-0.3, -0.25) is 14.4 Å². The minimum atomic E-state index is -0.972. The molecule has 3 N–H and O–H groups in total. The van der Waals surface area contributed by atoms with Crippen LogP contribution in [0.3, 0.4) is 0 Å². The van der Waals surface area contributed by atoms with Crippen LogP contribution in [0, 0.1) is 20.8 Å². The maximum atomic E-state index is 12.3. The number of aromatic nitrogens is 3. The Labute approximate surface area is 179 Å². The van der Waals surface area contributed by atoms with E-state index in [2.05, 4.69) is 15.4 Å². The Morgan fingerprint density at radius 2 is 1.84 bits per heavy atom. The summed E-state index contributed by atoms with van der Waals surface area (Å²) in [7, 11) is 0. The molecular formula is C22H25N5O4. The van der Waals surface area contributed by atoms with Gasteiger partial charge in [-0.2, -0.15) is 5.10 Å². The lowest BCUT2D eigenvalue weighted by atomic mass is 10.1. The molecule has 9 nitrogen and oxygen atoms in total. The third-order valence-corrected chi connectivity index (χ3v) is 4.98. The first kappa shape index (κ1) is 21.9. The average Bonchev–Trinajstić information content (AvgIpc) is 3.08. The topological polar surface area (TPSA) is 129 Å². The number of primary amides is 1. The number of benzene rings is 1. The van der Waals surface area contributed by atoms with Crippen molar-refractivity contribution in [2.45, 2.75) is 46.6 Å². The largest absolute Gasteiger partial charge is 0.453 e. The van der Waals surface area contributed by atoms with Gasteiger partial charge < -0.3 is 15.8 Å². The molecule has 9 heteroatoms. The summed E-state index contributed by atoms with van der Waals surface area (Å²) in [5.74, 6) is -1.51. The van der Waals surface area contributed by atoms with Gasteiger partial charge in [0, 0.05) is 35.1 Å². The summed E-state index contributed by atoms with van der Waals surface area (Å²) in [5, 5.41) is 7.07. The molecule has 0 saturated carbocycles. The Morgan fingerprint density at radius 3 is 2.48 bits per heavy atom. The third-order valence-electron chi connectivity index (χ3n) is 4.98. The Bertz CT molecular complexity index is 1150. The molecule has 3 aromatic rings. The molecule has 0 fully saturated rings. The number of rotatable bonds is 7. The van der Waals surface area contributed by atoms with E-state index in [-0.39, 0.29) is 6.42 Å². The predicted molar refractivity (Wildman–Crippen MR) is 115 cm³/mol. The summed E-state index contributed by atoms with van der Waals surface area (Å²) in [4.78, 5) is 40.2. The minimum Gasteiger partial charge on any atom is -0.453 e. The standard InChI is InChI=1S/C22H25N5O4/c1-12-11-19-24-13(2)18(14(3)27(19)26-12)9-10-20(28)31-15(4)22(30)25-17-7-5-16(6-8-17)21(23)29/h5-8,11,15H,9-10H2,1-4H3,(H2,23,29)(H,25,30)/t15-/m1/s1. The van der Waals surface area contributed by atoms with Crippen molar-refractivity contribution in [2.24, 2.45) is 5.73 Å². The second-order valence-corrected chi connectivity index (χ2v) is 7.38. The van der Waals surface area contributed by atoms with Crippen molar-refractivity contribution in [3.05, 3.63) is 58.5 Å². The zero-order chi connectivity index (χ0) is 22.7. The Morgan fingerprint density at radius 1 is 1.16 bits per heavy atom. The third kappa shape index (κ3) is 5.06. The van der Waals surface area contributed by atoms with Gasteiger partial charge >= 0.3 is 5.97 Å². The van der Waals surface area contributed by atoms with Crippen molar-refractivity contribution in [1.82, 2.24) is 14.6 Å². The van der Waals surface area contributed by atoms with Crippen molar-refractivity contribution < 1.29 is 19.1 Å². The van der Waals surface area contributed by atoms with Crippen LogP contribution in [0.25, 0.3) is 5.65 Å². The molecule has 1 aromatic carbocycles. The molecule has 2 aromatic heterocycles. The van der Waals surface area contributed by atoms with Gasteiger partial charge in [0.1, 0.15) is 0 Å². The number of hydrogen-bond donors (Lipinski definition) is 2. The van der Waals surface area contributed by atoms with Gasteiger partial charge in [-0.15, -0.1) is 0 Å².